The van der Waals surface area contributed by atoms with Gasteiger partial charge < -0.3 is 10.2 Å². The minimum absolute atomic E-state index is 0.316. The fourth-order valence-electron chi connectivity index (χ4n) is 3.60. The highest BCUT2D eigenvalue weighted by Gasteiger charge is 2.28. The Balaban J connectivity index is 1.88. The minimum Gasteiger partial charge on any atom is -0.507 e. The van der Waals surface area contributed by atoms with Crippen LogP contribution in [0.3, 0.4) is 0 Å². The molecule has 0 amide bonds. The highest BCUT2D eigenvalue weighted by molar-refractivity contribution is 7.99. The number of phenols is 2. The molecule has 1 aliphatic rings. The molecule has 0 saturated carbocycles. The second-order valence-corrected chi connectivity index (χ2v) is 7.76. The van der Waals surface area contributed by atoms with E-state index >= 15 is 0 Å². The van der Waals surface area contributed by atoms with Gasteiger partial charge in [0.25, 0.3) is 0 Å². The van der Waals surface area contributed by atoms with Crippen LogP contribution in [0.1, 0.15) is 61.8 Å². The van der Waals surface area contributed by atoms with Gasteiger partial charge in [-0.2, -0.15) is 11.8 Å². The summed E-state index contributed by atoms with van der Waals surface area (Å²) in [7, 11) is 0. The Morgan fingerprint density at radius 3 is 2.52 bits per heavy atom. The molecule has 0 radical (unpaired) electrons. The molecule has 2 aromatic carbocycles. The van der Waals surface area contributed by atoms with E-state index in [0.29, 0.717) is 16.7 Å². The second-order valence-electron chi connectivity index (χ2n) is 6.45. The summed E-state index contributed by atoms with van der Waals surface area (Å²) in [5.74, 6) is 1.90. The summed E-state index contributed by atoms with van der Waals surface area (Å²) in [6, 6.07) is 7.63. The van der Waals surface area contributed by atoms with E-state index < -0.39 is 0 Å². The van der Waals surface area contributed by atoms with Crippen molar-refractivity contribution in [3.8, 4) is 11.5 Å². The van der Waals surface area contributed by atoms with Crippen molar-refractivity contribution in [1.82, 2.24) is 0 Å². The predicted molar refractivity (Wildman–Crippen MR) is 99.6 cm³/mol. The molecule has 23 heavy (non-hydrogen) atoms. The standard InChI is InChI=1S/C20H26O2S/c1-2-3-4-7-13-23-17-12-8-11-16-18(17)20(22)15-10-6-5-9-14(15)19(16)21/h5-6,9-10,17,21-22H,2-4,7-8,11-13H2,1H3. The Bertz CT molecular complexity index is 681. The number of benzene rings is 2. The number of fused-ring (bicyclic) bond motifs is 2. The quantitative estimate of drug-likeness (QED) is 0.508. The van der Waals surface area contributed by atoms with Gasteiger partial charge in [0.2, 0.25) is 0 Å². The molecule has 0 fully saturated rings. The predicted octanol–water partition coefficient (Wildman–Crippen LogP) is 5.94. The van der Waals surface area contributed by atoms with Crippen molar-refractivity contribution in [3.63, 3.8) is 0 Å². The van der Waals surface area contributed by atoms with Crippen LogP contribution in [-0.4, -0.2) is 16.0 Å². The summed E-state index contributed by atoms with van der Waals surface area (Å²) in [6.07, 6.45) is 8.15. The molecule has 1 aliphatic carbocycles. The van der Waals surface area contributed by atoms with Crippen LogP contribution in [0.15, 0.2) is 24.3 Å². The van der Waals surface area contributed by atoms with Crippen molar-refractivity contribution in [2.75, 3.05) is 5.75 Å². The van der Waals surface area contributed by atoms with Gasteiger partial charge in [-0.05, 0) is 31.4 Å². The number of hydrogen-bond donors (Lipinski definition) is 2. The number of thioether (sulfide) groups is 1. The van der Waals surface area contributed by atoms with E-state index in [1.165, 1.54) is 25.7 Å². The van der Waals surface area contributed by atoms with Crippen molar-refractivity contribution in [1.29, 1.82) is 0 Å². The molecule has 2 aromatic rings. The smallest absolute Gasteiger partial charge is 0.128 e. The van der Waals surface area contributed by atoms with Crippen LogP contribution < -0.4 is 0 Å². The summed E-state index contributed by atoms with van der Waals surface area (Å²) in [4.78, 5) is 0. The number of aromatic hydroxyl groups is 2. The topological polar surface area (TPSA) is 40.5 Å². The van der Waals surface area contributed by atoms with Crippen molar-refractivity contribution in [2.45, 2.75) is 57.1 Å². The van der Waals surface area contributed by atoms with Crippen LogP contribution in [0, 0.1) is 0 Å². The van der Waals surface area contributed by atoms with Gasteiger partial charge in [0.15, 0.2) is 0 Å². The van der Waals surface area contributed by atoms with Gasteiger partial charge in [0, 0.05) is 27.1 Å². The van der Waals surface area contributed by atoms with Gasteiger partial charge in [0.1, 0.15) is 11.5 Å². The summed E-state index contributed by atoms with van der Waals surface area (Å²) in [5.41, 5.74) is 1.96. The summed E-state index contributed by atoms with van der Waals surface area (Å²) < 4.78 is 0. The average molecular weight is 330 g/mol. The van der Waals surface area contributed by atoms with Crippen LogP contribution in [0.5, 0.6) is 11.5 Å². The fraction of sp³-hybridized carbons (Fsp3) is 0.500. The molecular formula is C20H26O2S. The lowest BCUT2D eigenvalue weighted by atomic mass is 9.87. The third-order valence-corrected chi connectivity index (χ3v) is 6.23. The largest absolute Gasteiger partial charge is 0.507 e. The third kappa shape index (κ3) is 3.30. The first-order chi connectivity index (χ1) is 11.2. The Kier molecular flexibility index (Phi) is 5.37. The molecule has 1 unspecified atom stereocenters. The van der Waals surface area contributed by atoms with E-state index in [2.05, 4.69) is 6.92 Å². The summed E-state index contributed by atoms with van der Waals surface area (Å²) in [5, 5.41) is 23.3. The maximum Gasteiger partial charge on any atom is 0.128 e. The monoisotopic (exact) mass is 330 g/mol. The maximum atomic E-state index is 10.8. The van der Waals surface area contributed by atoms with Crippen molar-refractivity contribution < 1.29 is 10.2 Å². The minimum atomic E-state index is 0.316. The molecule has 124 valence electrons. The first kappa shape index (κ1) is 16.5. The van der Waals surface area contributed by atoms with Gasteiger partial charge in [-0.1, -0.05) is 50.5 Å². The average Bonchev–Trinajstić information content (AvgIpc) is 2.59. The summed E-state index contributed by atoms with van der Waals surface area (Å²) >= 11 is 1.95. The SMILES string of the molecule is CCCCCCSC1CCCc2c1c(O)c1ccccc1c2O. The van der Waals surface area contributed by atoms with Crippen LogP contribution in [-0.2, 0) is 6.42 Å². The van der Waals surface area contributed by atoms with Crippen LogP contribution >= 0.6 is 11.8 Å². The van der Waals surface area contributed by atoms with Crippen molar-refractivity contribution in [3.05, 3.63) is 35.4 Å². The Labute approximate surface area is 142 Å². The zero-order chi connectivity index (χ0) is 16.2. The lowest BCUT2D eigenvalue weighted by molar-refractivity contribution is 0.448. The Morgan fingerprint density at radius 2 is 1.78 bits per heavy atom. The van der Waals surface area contributed by atoms with Gasteiger partial charge >= 0.3 is 0 Å². The zero-order valence-corrected chi connectivity index (χ0v) is 14.7. The van der Waals surface area contributed by atoms with E-state index in [4.69, 9.17) is 0 Å². The molecule has 1 atom stereocenters. The fourth-order valence-corrected chi connectivity index (χ4v) is 5.01. The highest BCUT2D eigenvalue weighted by Crippen LogP contribution is 2.50. The summed E-state index contributed by atoms with van der Waals surface area (Å²) in [6.45, 7) is 2.23. The molecule has 0 saturated heterocycles. The first-order valence-electron chi connectivity index (χ1n) is 8.81. The van der Waals surface area contributed by atoms with E-state index in [1.54, 1.807) is 0 Å². The molecule has 0 spiro atoms. The Hall–Kier alpha value is -1.35. The molecule has 3 heteroatoms. The third-order valence-electron chi connectivity index (χ3n) is 4.84. The number of hydrogen-bond acceptors (Lipinski definition) is 3. The number of unbranched alkanes of at least 4 members (excludes halogenated alkanes) is 3. The number of phenolic OH excluding ortho intramolecular Hbond substituents is 2. The Morgan fingerprint density at radius 1 is 1.04 bits per heavy atom. The molecule has 0 bridgehead atoms. The van der Waals surface area contributed by atoms with Gasteiger partial charge in [0.05, 0.1) is 0 Å². The zero-order valence-electron chi connectivity index (χ0n) is 13.8. The number of rotatable bonds is 6. The van der Waals surface area contributed by atoms with Gasteiger partial charge in [-0.25, -0.2) is 0 Å². The van der Waals surface area contributed by atoms with E-state index in [1.807, 2.05) is 36.0 Å². The van der Waals surface area contributed by atoms with Gasteiger partial charge in [-0.15, -0.1) is 0 Å². The highest BCUT2D eigenvalue weighted by atomic mass is 32.2. The maximum absolute atomic E-state index is 10.8. The first-order valence-corrected chi connectivity index (χ1v) is 9.86. The van der Waals surface area contributed by atoms with E-state index in [9.17, 15) is 10.2 Å². The molecule has 2 nitrogen and oxygen atoms in total. The van der Waals surface area contributed by atoms with Crippen LogP contribution in [0.4, 0.5) is 0 Å². The second kappa shape index (κ2) is 7.48. The van der Waals surface area contributed by atoms with Crippen molar-refractivity contribution >= 4 is 22.5 Å². The molecule has 0 aromatic heterocycles. The van der Waals surface area contributed by atoms with E-state index in [0.717, 1.165) is 46.9 Å². The van der Waals surface area contributed by atoms with E-state index in [-0.39, 0.29) is 0 Å². The van der Waals surface area contributed by atoms with Crippen LogP contribution in [0.25, 0.3) is 10.8 Å². The van der Waals surface area contributed by atoms with Crippen molar-refractivity contribution in [2.24, 2.45) is 0 Å². The molecule has 0 heterocycles. The molecular weight excluding hydrogens is 304 g/mol. The lowest BCUT2D eigenvalue weighted by Crippen LogP contribution is -2.09. The molecule has 2 N–H and O–H groups in total. The lowest BCUT2D eigenvalue weighted by Gasteiger charge is -2.28. The molecule has 3 rings (SSSR count). The van der Waals surface area contributed by atoms with Gasteiger partial charge in [-0.3, -0.25) is 0 Å². The molecule has 0 aliphatic heterocycles. The van der Waals surface area contributed by atoms with Crippen LogP contribution in [0.2, 0.25) is 0 Å². The normalized spacial score (nSPS) is 17.3.